The molecule has 0 spiro atoms. The molecule has 142 valence electrons. The summed E-state index contributed by atoms with van der Waals surface area (Å²) in [5.41, 5.74) is 5.11. The number of amides is 1. The van der Waals surface area contributed by atoms with E-state index in [1.165, 1.54) is 36.0 Å². The van der Waals surface area contributed by atoms with Gasteiger partial charge in [-0.1, -0.05) is 73.4 Å². The van der Waals surface area contributed by atoms with Gasteiger partial charge in [0.15, 0.2) is 0 Å². The maximum absolute atomic E-state index is 13.4. The van der Waals surface area contributed by atoms with Gasteiger partial charge in [0.2, 0.25) is 5.91 Å². The van der Waals surface area contributed by atoms with Gasteiger partial charge in [0.05, 0.1) is 0 Å². The second-order valence-electron chi connectivity index (χ2n) is 8.15. The molecule has 1 unspecified atom stereocenters. The summed E-state index contributed by atoms with van der Waals surface area (Å²) in [5, 5.41) is 3.37. The van der Waals surface area contributed by atoms with Gasteiger partial charge in [-0.25, -0.2) is 0 Å². The molecular weight excluding hydrogens is 332 g/mol. The minimum absolute atomic E-state index is 0.171. The van der Waals surface area contributed by atoms with Gasteiger partial charge in [-0.05, 0) is 42.9 Å². The highest BCUT2D eigenvalue weighted by atomic mass is 16.2. The number of carbonyl (C=O) groups is 1. The molecule has 0 saturated heterocycles. The van der Waals surface area contributed by atoms with Gasteiger partial charge in [-0.3, -0.25) is 9.69 Å². The monoisotopic (exact) mass is 362 g/mol. The van der Waals surface area contributed by atoms with Crippen LogP contribution in [-0.4, -0.2) is 23.4 Å². The lowest BCUT2D eigenvalue weighted by Crippen LogP contribution is -2.46. The van der Waals surface area contributed by atoms with Crippen LogP contribution < -0.4 is 5.32 Å². The highest BCUT2D eigenvalue weighted by molar-refractivity contribution is 5.83. The lowest BCUT2D eigenvalue weighted by atomic mass is 9.93. The fourth-order valence-corrected chi connectivity index (χ4v) is 4.54. The van der Waals surface area contributed by atoms with Crippen LogP contribution in [0.4, 0.5) is 0 Å². The summed E-state index contributed by atoms with van der Waals surface area (Å²) < 4.78 is 0. The average molecular weight is 363 g/mol. The van der Waals surface area contributed by atoms with Crippen molar-refractivity contribution in [2.24, 2.45) is 0 Å². The molecule has 1 amide bonds. The molecular formula is C24H30N2O. The molecule has 1 aliphatic carbocycles. The lowest BCUT2D eigenvalue weighted by molar-refractivity contribution is -0.128. The van der Waals surface area contributed by atoms with Crippen LogP contribution in [0.3, 0.4) is 0 Å². The van der Waals surface area contributed by atoms with E-state index in [-0.39, 0.29) is 11.9 Å². The third-order valence-corrected chi connectivity index (χ3v) is 6.12. The Kier molecular flexibility index (Phi) is 5.58. The Balaban J connectivity index is 1.58. The number of hydrogen-bond acceptors (Lipinski definition) is 2. The molecule has 1 saturated carbocycles. The molecule has 4 rings (SSSR count). The summed E-state index contributed by atoms with van der Waals surface area (Å²) in [7, 11) is 0. The van der Waals surface area contributed by atoms with Gasteiger partial charge in [0, 0.05) is 19.1 Å². The predicted molar refractivity (Wildman–Crippen MR) is 109 cm³/mol. The molecule has 1 atom stereocenters. The van der Waals surface area contributed by atoms with Crippen molar-refractivity contribution in [2.75, 3.05) is 6.54 Å². The van der Waals surface area contributed by atoms with Crippen LogP contribution in [0.2, 0.25) is 0 Å². The number of nitrogens with one attached hydrogen (secondary N) is 1. The minimum atomic E-state index is -0.208. The minimum Gasteiger partial charge on any atom is -0.352 e. The Morgan fingerprint density at radius 3 is 2.44 bits per heavy atom. The number of aryl methyl sites for hydroxylation is 1. The van der Waals surface area contributed by atoms with Crippen LogP contribution in [0.15, 0.2) is 48.5 Å². The Hall–Kier alpha value is -2.13. The number of nitrogens with zero attached hydrogens (tertiary/aromatic N) is 1. The maximum atomic E-state index is 13.4. The summed E-state index contributed by atoms with van der Waals surface area (Å²) in [6.45, 7) is 3.86. The number of benzene rings is 2. The van der Waals surface area contributed by atoms with Gasteiger partial charge in [-0.15, -0.1) is 0 Å². The molecule has 3 heteroatoms. The van der Waals surface area contributed by atoms with Crippen LogP contribution in [0.25, 0.3) is 0 Å². The van der Waals surface area contributed by atoms with Crippen molar-refractivity contribution in [3.8, 4) is 0 Å². The number of rotatable bonds is 4. The van der Waals surface area contributed by atoms with E-state index in [1.807, 2.05) is 0 Å². The van der Waals surface area contributed by atoms with Gasteiger partial charge in [0.25, 0.3) is 0 Å². The van der Waals surface area contributed by atoms with Gasteiger partial charge in [0.1, 0.15) is 6.04 Å². The fourth-order valence-electron chi connectivity index (χ4n) is 4.54. The van der Waals surface area contributed by atoms with E-state index in [2.05, 4.69) is 65.7 Å². The summed E-state index contributed by atoms with van der Waals surface area (Å²) in [4.78, 5) is 15.7. The molecule has 1 heterocycles. The van der Waals surface area contributed by atoms with E-state index in [9.17, 15) is 4.79 Å². The van der Waals surface area contributed by atoms with E-state index in [4.69, 9.17) is 0 Å². The standard InChI is InChI=1S/C24H30N2O/c1-18-11-13-20(14-12-18)23(24(27)25-22-9-3-2-4-10-22)26-16-15-19-7-5-6-8-21(19)17-26/h5-8,11-14,22-23H,2-4,9-10,15-17H2,1H3,(H,25,27). The number of carbonyl (C=O) groups excluding carboxylic acids is 1. The van der Waals surface area contributed by atoms with E-state index in [0.717, 1.165) is 37.9 Å². The Morgan fingerprint density at radius 2 is 1.70 bits per heavy atom. The lowest BCUT2D eigenvalue weighted by Gasteiger charge is -2.36. The number of fused-ring (bicyclic) bond motifs is 1. The zero-order valence-electron chi connectivity index (χ0n) is 16.3. The van der Waals surface area contributed by atoms with Crippen molar-refractivity contribution < 1.29 is 4.79 Å². The molecule has 2 aromatic carbocycles. The molecule has 0 bridgehead atoms. The predicted octanol–water partition coefficient (Wildman–Crippen LogP) is 4.54. The van der Waals surface area contributed by atoms with Crippen molar-refractivity contribution in [3.05, 3.63) is 70.8 Å². The third kappa shape index (κ3) is 4.24. The smallest absolute Gasteiger partial charge is 0.242 e. The second-order valence-corrected chi connectivity index (χ2v) is 8.15. The molecule has 3 nitrogen and oxygen atoms in total. The van der Waals surface area contributed by atoms with Crippen LogP contribution in [0.5, 0.6) is 0 Å². The summed E-state index contributed by atoms with van der Waals surface area (Å²) in [6, 6.07) is 17.3. The number of hydrogen-bond donors (Lipinski definition) is 1. The molecule has 1 fully saturated rings. The topological polar surface area (TPSA) is 32.3 Å². The zero-order chi connectivity index (χ0) is 18.6. The highest BCUT2D eigenvalue weighted by Gasteiger charge is 2.31. The van der Waals surface area contributed by atoms with Gasteiger partial charge >= 0.3 is 0 Å². The van der Waals surface area contributed by atoms with E-state index in [1.54, 1.807) is 0 Å². The van der Waals surface area contributed by atoms with Crippen LogP contribution in [-0.2, 0) is 17.8 Å². The molecule has 2 aromatic rings. The molecule has 0 radical (unpaired) electrons. The molecule has 1 aliphatic heterocycles. The van der Waals surface area contributed by atoms with Crippen molar-refractivity contribution in [3.63, 3.8) is 0 Å². The molecule has 2 aliphatic rings. The van der Waals surface area contributed by atoms with E-state index < -0.39 is 0 Å². The molecule has 0 aromatic heterocycles. The van der Waals surface area contributed by atoms with E-state index >= 15 is 0 Å². The fraction of sp³-hybridized carbons (Fsp3) is 0.458. The maximum Gasteiger partial charge on any atom is 0.242 e. The Morgan fingerprint density at radius 1 is 1.00 bits per heavy atom. The Labute approximate surface area is 162 Å². The zero-order valence-corrected chi connectivity index (χ0v) is 16.3. The van der Waals surface area contributed by atoms with Crippen LogP contribution >= 0.6 is 0 Å². The second kappa shape index (κ2) is 8.26. The van der Waals surface area contributed by atoms with Crippen molar-refractivity contribution in [1.82, 2.24) is 10.2 Å². The quantitative estimate of drug-likeness (QED) is 0.866. The van der Waals surface area contributed by atoms with Crippen LogP contribution in [0, 0.1) is 6.92 Å². The van der Waals surface area contributed by atoms with Crippen LogP contribution in [0.1, 0.15) is 60.4 Å². The SMILES string of the molecule is Cc1ccc(C(C(=O)NC2CCCCC2)N2CCc3ccccc3C2)cc1. The van der Waals surface area contributed by atoms with Crippen molar-refractivity contribution >= 4 is 5.91 Å². The normalized spacial score (nSPS) is 19.3. The Bertz CT molecular complexity index is 777. The average Bonchev–Trinajstić information content (AvgIpc) is 2.70. The third-order valence-electron chi connectivity index (χ3n) is 6.12. The largest absolute Gasteiger partial charge is 0.352 e. The first-order valence-electron chi connectivity index (χ1n) is 10.4. The first kappa shape index (κ1) is 18.2. The first-order valence-corrected chi connectivity index (χ1v) is 10.4. The molecule has 1 N–H and O–H groups in total. The van der Waals surface area contributed by atoms with Gasteiger partial charge < -0.3 is 5.32 Å². The molecule has 27 heavy (non-hydrogen) atoms. The van der Waals surface area contributed by atoms with Crippen molar-refractivity contribution in [1.29, 1.82) is 0 Å². The summed E-state index contributed by atoms with van der Waals surface area (Å²) in [6.07, 6.45) is 7.02. The first-order chi connectivity index (χ1) is 13.2. The van der Waals surface area contributed by atoms with Crippen molar-refractivity contribution in [2.45, 2.75) is 64.1 Å². The van der Waals surface area contributed by atoms with Gasteiger partial charge in [-0.2, -0.15) is 0 Å². The highest BCUT2D eigenvalue weighted by Crippen LogP contribution is 2.29. The summed E-state index contributed by atoms with van der Waals surface area (Å²) in [5.74, 6) is 0.171. The summed E-state index contributed by atoms with van der Waals surface area (Å²) >= 11 is 0. The van der Waals surface area contributed by atoms with E-state index in [0.29, 0.717) is 6.04 Å².